The molecule has 2 fully saturated rings. The molecule has 0 spiro atoms. The maximum absolute atomic E-state index is 11.9. The van der Waals surface area contributed by atoms with Gasteiger partial charge >= 0.3 is 0 Å². The van der Waals surface area contributed by atoms with E-state index in [1.54, 1.807) is 19.0 Å². The van der Waals surface area contributed by atoms with Crippen LogP contribution in [0, 0.1) is 11.8 Å². The van der Waals surface area contributed by atoms with E-state index < -0.39 is 0 Å². The molecule has 0 aromatic rings. The van der Waals surface area contributed by atoms with Gasteiger partial charge in [-0.25, -0.2) is 0 Å². The average molecular weight is 239 g/mol. The number of nitrogens with zero attached hydrogens (tertiary/aromatic N) is 2. The van der Waals surface area contributed by atoms with Crippen LogP contribution in [-0.4, -0.2) is 54.8 Å². The molecule has 2 atom stereocenters. The van der Waals surface area contributed by atoms with E-state index >= 15 is 0 Å². The number of rotatable bonds is 2. The topological polar surface area (TPSA) is 66.6 Å². The summed E-state index contributed by atoms with van der Waals surface area (Å²) in [5, 5.41) is 0. The van der Waals surface area contributed by atoms with Crippen molar-refractivity contribution < 1.29 is 9.59 Å². The Labute approximate surface area is 102 Å². The third kappa shape index (κ3) is 2.60. The molecule has 0 radical (unpaired) electrons. The van der Waals surface area contributed by atoms with Crippen LogP contribution in [0.4, 0.5) is 0 Å². The first-order chi connectivity index (χ1) is 8.00. The summed E-state index contributed by atoms with van der Waals surface area (Å²) in [6.45, 7) is 1.40. The van der Waals surface area contributed by atoms with Gasteiger partial charge in [0.15, 0.2) is 0 Å². The molecule has 0 bridgehead atoms. The monoisotopic (exact) mass is 239 g/mol. The van der Waals surface area contributed by atoms with E-state index in [2.05, 4.69) is 0 Å². The predicted molar refractivity (Wildman–Crippen MR) is 64.1 cm³/mol. The summed E-state index contributed by atoms with van der Waals surface area (Å²) in [6, 6.07) is 0.0728. The van der Waals surface area contributed by atoms with Crippen LogP contribution in [0.1, 0.15) is 19.3 Å². The van der Waals surface area contributed by atoms with E-state index in [4.69, 9.17) is 5.73 Å². The van der Waals surface area contributed by atoms with Crippen molar-refractivity contribution in [3.63, 3.8) is 0 Å². The quantitative estimate of drug-likeness (QED) is 0.717. The number of hydrogen-bond acceptors (Lipinski definition) is 3. The highest BCUT2D eigenvalue weighted by Crippen LogP contribution is 2.31. The standard InChI is InChI=1S/C12H21N3O2/c1-14(2)11(16)8-3-5-15(6-4-8)12(17)9-7-10(9)13/h8-10H,3-7,13H2,1-2H3. The van der Waals surface area contributed by atoms with Gasteiger partial charge < -0.3 is 15.5 Å². The second-order valence-electron chi connectivity index (χ2n) is 5.34. The van der Waals surface area contributed by atoms with Gasteiger partial charge in [0.25, 0.3) is 0 Å². The fraction of sp³-hybridized carbons (Fsp3) is 0.833. The van der Waals surface area contributed by atoms with Crippen molar-refractivity contribution >= 4 is 11.8 Å². The molecule has 2 rings (SSSR count). The largest absolute Gasteiger partial charge is 0.349 e. The fourth-order valence-electron chi connectivity index (χ4n) is 2.45. The van der Waals surface area contributed by atoms with Gasteiger partial charge in [0, 0.05) is 39.1 Å². The van der Waals surface area contributed by atoms with Crippen LogP contribution in [0.3, 0.4) is 0 Å². The van der Waals surface area contributed by atoms with Gasteiger partial charge in [-0.3, -0.25) is 9.59 Å². The van der Waals surface area contributed by atoms with Gasteiger partial charge in [0.05, 0.1) is 5.92 Å². The molecule has 2 aliphatic rings. The van der Waals surface area contributed by atoms with E-state index in [1.165, 1.54) is 0 Å². The zero-order chi connectivity index (χ0) is 12.6. The first kappa shape index (κ1) is 12.4. The zero-order valence-corrected chi connectivity index (χ0v) is 10.6. The molecule has 0 aromatic heterocycles. The van der Waals surface area contributed by atoms with Crippen molar-refractivity contribution in [2.24, 2.45) is 17.6 Å². The Hall–Kier alpha value is -1.10. The Morgan fingerprint density at radius 2 is 1.76 bits per heavy atom. The van der Waals surface area contributed by atoms with E-state index in [0.29, 0.717) is 13.1 Å². The number of amides is 2. The van der Waals surface area contributed by atoms with Gasteiger partial charge in [-0.2, -0.15) is 0 Å². The van der Waals surface area contributed by atoms with Crippen molar-refractivity contribution in [1.82, 2.24) is 9.80 Å². The summed E-state index contributed by atoms with van der Waals surface area (Å²) >= 11 is 0. The Balaban J connectivity index is 1.82. The van der Waals surface area contributed by atoms with E-state index in [-0.39, 0.29) is 29.7 Å². The third-order valence-corrected chi connectivity index (χ3v) is 3.75. The van der Waals surface area contributed by atoms with Crippen molar-refractivity contribution in [2.75, 3.05) is 27.2 Å². The summed E-state index contributed by atoms with van der Waals surface area (Å²) in [6.07, 6.45) is 2.39. The van der Waals surface area contributed by atoms with Gasteiger partial charge in [-0.15, -0.1) is 0 Å². The van der Waals surface area contributed by atoms with Crippen LogP contribution in [0.5, 0.6) is 0 Å². The molecule has 96 valence electrons. The summed E-state index contributed by atoms with van der Waals surface area (Å²) < 4.78 is 0. The highest BCUT2D eigenvalue weighted by molar-refractivity contribution is 5.83. The summed E-state index contributed by atoms with van der Waals surface area (Å²) in [7, 11) is 3.56. The minimum atomic E-state index is 0.0519. The second kappa shape index (κ2) is 4.64. The van der Waals surface area contributed by atoms with Gasteiger partial charge in [0.2, 0.25) is 11.8 Å². The fourth-order valence-corrected chi connectivity index (χ4v) is 2.45. The molecule has 1 aliphatic heterocycles. The van der Waals surface area contributed by atoms with E-state index in [9.17, 15) is 9.59 Å². The molecule has 5 nitrogen and oxygen atoms in total. The number of carbonyl (C=O) groups is 2. The highest BCUT2D eigenvalue weighted by atomic mass is 16.2. The third-order valence-electron chi connectivity index (χ3n) is 3.75. The zero-order valence-electron chi connectivity index (χ0n) is 10.6. The maximum Gasteiger partial charge on any atom is 0.227 e. The molecule has 1 aliphatic carbocycles. The van der Waals surface area contributed by atoms with Crippen LogP contribution in [0.15, 0.2) is 0 Å². The lowest BCUT2D eigenvalue weighted by atomic mass is 9.95. The Morgan fingerprint density at radius 1 is 1.24 bits per heavy atom. The number of piperidine rings is 1. The molecular formula is C12H21N3O2. The summed E-state index contributed by atoms with van der Waals surface area (Å²) in [4.78, 5) is 27.2. The van der Waals surface area contributed by atoms with Gasteiger partial charge in [0.1, 0.15) is 0 Å². The lowest BCUT2D eigenvalue weighted by Crippen LogP contribution is -2.43. The van der Waals surface area contributed by atoms with Gasteiger partial charge in [-0.1, -0.05) is 0 Å². The van der Waals surface area contributed by atoms with Gasteiger partial charge in [-0.05, 0) is 19.3 Å². The van der Waals surface area contributed by atoms with E-state index in [1.807, 2.05) is 4.90 Å². The molecule has 17 heavy (non-hydrogen) atoms. The molecule has 5 heteroatoms. The molecule has 2 N–H and O–H groups in total. The van der Waals surface area contributed by atoms with Crippen molar-refractivity contribution in [2.45, 2.75) is 25.3 Å². The summed E-state index contributed by atoms with van der Waals surface area (Å²) in [5.41, 5.74) is 5.68. The van der Waals surface area contributed by atoms with Crippen LogP contribution in [-0.2, 0) is 9.59 Å². The lowest BCUT2D eigenvalue weighted by molar-refractivity contribution is -0.139. The Kier molecular flexibility index (Phi) is 3.38. The van der Waals surface area contributed by atoms with Crippen LogP contribution >= 0.6 is 0 Å². The van der Waals surface area contributed by atoms with Crippen molar-refractivity contribution in [1.29, 1.82) is 0 Å². The molecule has 1 heterocycles. The Bertz CT molecular complexity index is 322. The maximum atomic E-state index is 11.9. The van der Waals surface area contributed by atoms with Crippen LogP contribution in [0.2, 0.25) is 0 Å². The lowest BCUT2D eigenvalue weighted by Gasteiger charge is -2.32. The molecule has 1 saturated carbocycles. The Morgan fingerprint density at radius 3 is 2.18 bits per heavy atom. The predicted octanol–water partition coefficient (Wildman–Crippen LogP) is -0.340. The summed E-state index contributed by atoms with van der Waals surface area (Å²) in [5.74, 6) is 0.506. The normalized spacial score (nSPS) is 29.0. The number of hydrogen-bond donors (Lipinski definition) is 1. The molecule has 2 amide bonds. The number of likely N-dealkylation sites (tertiary alicyclic amines) is 1. The molecule has 1 saturated heterocycles. The van der Waals surface area contributed by atoms with Crippen LogP contribution < -0.4 is 5.73 Å². The smallest absolute Gasteiger partial charge is 0.227 e. The van der Waals surface area contributed by atoms with Crippen molar-refractivity contribution in [3.8, 4) is 0 Å². The first-order valence-electron chi connectivity index (χ1n) is 6.26. The second-order valence-corrected chi connectivity index (χ2v) is 5.34. The number of nitrogens with two attached hydrogens (primary N) is 1. The number of carbonyl (C=O) groups excluding carboxylic acids is 2. The van der Waals surface area contributed by atoms with E-state index in [0.717, 1.165) is 19.3 Å². The molecule has 0 aromatic carbocycles. The minimum absolute atomic E-state index is 0.0519. The first-order valence-corrected chi connectivity index (χ1v) is 6.26. The molecular weight excluding hydrogens is 218 g/mol. The highest BCUT2D eigenvalue weighted by Gasteiger charge is 2.43. The minimum Gasteiger partial charge on any atom is -0.349 e. The SMILES string of the molecule is CN(C)C(=O)C1CCN(C(=O)C2CC2N)CC1. The van der Waals surface area contributed by atoms with Crippen LogP contribution in [0.25, 0.3) is 0 Å². The molecule has 2 unspecified atom stereocenters. The average Bonchev–Trinajstić information content (AvgIpc) is 3.04. The van der Waals surface area contributed by atoms with Crippen molar-refractivity contribution in [3.05, 3.63) is 0 Å².